The quantitative estimate of drug-likeness (QED) is 0.0763. The Labute approximate surface area is 695 Å². The van der Waals surface area contributed by atoms with E-state index in [1.165, 1.54) is 41.2 Å². The fourth-order valence-electron chi connectivity index (χ4n) is 14.6. The van der Waals surface area contributed by atoms with Crippen molar-refractivity contribution in [3.8, 4) is 23.0 Å². The summed E-state index contributed by atoms with van der Waals surface area (Å²) in [5.74, 6) is 4.44. The van der Waals surface area contributed by atoms with Gasteiger partial charge >= 0.3 is 76.6 Å². The van der Waals surface area contributed by atoms with Gasteiger partial charge in [-0.3, -0.25) is 27.9 Å². The molecule has 8 aliphatic heterocycles. The van der Waals surface area contributed by atoms with E-state index in [0.29, 0.717) is 34.0 Å². The van der Waals surface area contributed by atoms with Gasteiger partial charge in [-0.05, 0) is 246 Å². The molecule has 25 heteroatoms. The predicted molar refractivity (Wildman–Crippen MR) is 414 cm³/mol. The molecule has 5 aromatic rings. The number of fused-ring (bicyclic) bond motifs is 8. The Morgan fingerprint density at radius 3 is 1.26 bits per heavy atom. The summed E-state index contributed by atoms with van der Waals surface area (Å²) >= 11 is 25.5. The zero-order valence-corrected chi connectivity index (χ0v) is 72.5. The number of likely N-dealkylation sites (tertiary alicyclic amines) is 3. The first-order chi connectivity index (χ1) is 47.6. The van der Waals surface area contributed by atoms with Gasteiger partial charge in [0.1, 0.15) is 39.8 Å². The molecule has 0 amide bonds. The average Bonchev–Trinajstić information content (AvgIpc) is 1.65. The van der Waals surface area contributed by atoms with Crippen LogP contribution in [0, 0.1) is 5.92 Å². The van der Waals surface area contributed by atoms with Crippen LogP contribution >= 0.6 is 86.9 Å². The topological polar surface area (TPSA) is 138 Å². The number of carbonyl (C=O) groups is 3. The third-order valence-corrected chi connectivity index (χ3v) is 22.5. The van der Waals surface area contributed by atoms with Gasteiger partial charge in [-0.15, -0.1) is 0 Å². The molecule has 5 aromatic carbocycles. The molecule has 4 fully saturated rings. The van der Waals surface area contributed by atoms with Crippen LogP contribution in [0.5, 0.6) is 23.0 Å². The van der Waals surface area contributed by atoms with E-state index in [0.717, 1.165) is 184 Å². The van der Waals surface area contributed by atoms with Crippen molar-refractivity contribution in [3.63, 3.8) is 0 Å². The molecule has 8 heterocycles. The third-order valence-electron chi connectivity index (χ3n) is 19.9. The predicted octanol–water partition coefficient (Wildman–Crippen LogP) is 12.4. The summed E-state index contributed by atoms with van der Waals surface area (Å²) in [6.07, 6.45) is 11.4. The van der Waals surface area contributed by atoms with Gasteiger partial charge in [0.2, 0.25) is 0 Å². The smallest absolute Gasteiger partial charge is 1.00 e. The van der Waals surface area contributed by atoms with Crippen molar-refractivity contribution in [2.45, 2.75) is 172 Å². The minimum absolute atomic E-state index is 0. The number of carbonyl (C=O) groups excluding carboxylic acids is 3. The van der Waals surface area contributed by atoms with E-state index in [4.69, 9.17) is 56.4 Å². The van der Waals surface area contributed by atoms with E-state index in [1.54, 1.807) is 18.2 Å². The van der Waals surface area contributed by atoms with Crippen LogP contribution in [0.1, 0.15) is 161 Å². The largest absolute Gasteiger partial charge is 1.00 e. The molecule has 558 valence electrons. The second kappa shape index (κ2) is 38.3. The van der Waals surface area contributed by atoms with Crippen molar-refractivity contribution < 1.29 is 112 Å². The van der Waals surface area contributed by atoms with E-state index in [1.807, 2.05) is 69.2 Å². The normalized spacial score (nSPS) is 18.9. The van der Waals surface area contributed by atoms with Crippen molar-refractivity contribution in [1.82, 2.24) is 20.0 Å². The van der Waals surface area contributed by atoms with Crippen molar-refractivity contribution in [3.05, 3.63) is 153 Å². The zero-order valence-electron chi connectivity index (χ0n) is 61.5. The molecule has 0 aliphatic carbocycles. The Morgan fingerprint density at radius 1 is 0.544 bits per heavy atom. The summed E-state index contributed by atoms with van der Waals surface area (Å²) in [6.45, 7) is 32.6. The molecule has 4 saturated heterocycles. The van der Waals surface area contributed by atoms with Crippen LogP contribution in [0.3, 0.4) is 0 Å². The summed E-state index contributed by atoms with van der Waals surface area (Å²) in [6, 6.07) is 30.4. The number of ether oxygens (including phenoxy) is 7. The third kappa shape index (κ3) is 24.6. The van der Waals surface area contributed by atoms with E-state index in [9.17, 15) is 23.0 Å². The summed E-state index contributed by atoms with van der Waals surface area (Å²) in [5.41, 5.74) is 5.35. The number of esters is 3. The van der Waals surface area contributed by atoms with Gasteiger partial charge in [0.25, 0.3) is 0 Å². The first kappa shape index (κ1) is 87.5. The van der Waals surface area contributed by atoms with E-state index in [2.05, 4.69) is 157 Å². The molecular formula is C78H99BBr4Cl2F3KN4O10. The SMILES string of the molecule is Brc1ccc2c(c1)OCC21CCNCC1.CC(C)(C)OC(=O)CCCN1CCC2(CC1)COc1cc(Br)ccc12.CC(C)(C)OC(=O)CN1CCC2(CC1)COc1cc(Br)ccc12.CC(CN1CCC2(CC1)COc1cc(Br)ccc12)C(=O)OC(C)(C)C.FB(F)/C=C/c1c(Cl)cccc1Cl.[F-].[K+]. The van der Waals surface area contributed by atoms with Crippen LogP contribution < -0.4 is 80.4 Å². The maximum Gasteiger partial charge on any atom is 1.00 e. The number of nitrogens with one attached hydrogen (secondary N) is 1. The maximum atomic E-state index is 12.2. The van der Waals surface area contributed by atoms with Gasteiger partial charge < -0.3 is 53.0 Å². The monoisotopic (exact) mass is 1740 g/mol. The number of piperidine rings is 4. The summed E-state index contributed by atoms with van der Waals surface area (Å²) in [4.78, 5) is 43.0. The maximum absolute atomic E-state index is 12.2. The minimum Gasteiger partial charge on any atom is -1.00 e. The summed E-state index contributed by atoms with van der Waals surface area (Å²) < 4.78 is 67.8. The zero-order chi connectivity index (χ0) is 73.1. The Kier molecular flexibility index (Phi) is 32.5. The minimum atomic E-state index is -2.49. The molecule has 13 rings (SSSR count). The average molecular weight is 1750 g/mol. The van der Waals surface area contributed by atoms with Gasteiger partial charge in [-0.1, -0.05) is 130 Å². The first-order valence-corrected chi connectivity index (χ1v) is 39.2. The molecule has 0 saturated carbocycles. The Bertz CT molecular complexity index is 3680. The first-order valence-electron chi connectivity index (χ1n) is 35.3. The van der Waals surface area contributed by atoms with Crippen molar-refractivity contribution in [1.29, 1.82) is 0 Å². The molecule has 1 N–H and O–H groups in total. The van der Waals surface area contributed by atoms with Gasteiger partial charge in [0, 0.05) is 90.4 Å². The standard InChI is InChI=1S/2C20H28BrNO3.C18H24BrNO3.C12H14BrNO.C8H5BCl2F2.FH.K/c1-14(18(23)25-19(2,3)4)12-22-9-7-20(8-10-22)13-24-17-11-15(21)5-6-16(17)20;1-19(2,3)25-18(23)5-4-10-22-11-8-20(9-12-22)14-24-17-13-15(21)6-7-16(17)20;1-17(2,3)23-16(21)11-20-8-6-18(7-9-20)12-22-15-10-13(19)4-5-14(15)18;13-9-1-2-10-11(7-9)15-8-12(10)3-5-14-6-4-12;10-7-2-1-3-8(11)6(7)4-5-9(12)13;;/h5-6,11,14H,7-10,12-13H2,1-4H3;6-7,13H,4-5,8-12,14H2,1-3H3;4-5,10H,6-9,11-12H2,1-3H3;1-2,7,14H,3-6,8H2;1-5H;1H;/q;;;;;;+1/p-1/b;;;;5-4+;;. The van der Waals surface area contributed by atoms with Crippen molar-refractivity contribution in [2.24, 2.45) is 5.92 Å². The van der Waals surface area contributed by atoms with Gasteiger partial charge in [-0.2, -0.15) is 0 Å². The second-order valence-electron chi connectivity index (χ2n) is 31.0. The number of hydrogen-bond donors (Lipinski definition) is 1. The van der Waals surface area contributed by atoms with Crippen molar-refractivity contribution >= 4 is 118 Å². The number of nitrogens with zero attached hydrogens (tertiary/aromatic N) is 3. The molecule has 1 unspecified atom stereocenters. The molecule has 0 aromatic heterocycles. The molecular weight excluding hydrogens is 1650 g/mol. The molecule has 4 spiro atoms. The molecule has 103 heavy (non-hydrogen) atoms. The van der Waals surface area contributed by atoms with Crippen LogP contribution in [0.2, 0.25) is 10.0 Å². The van der Waals surface area contributed by atoms with Crippen LogP contribution in [0.15, 0.2) is 115 Å². The van der Waals surface area contributed by atoms with E-state index >= 15 is 0 Å². The van der Waals surface area contributed by atoms with Gasteiger partial charge in [0.05, 0.1) is 38.9 Å². The van der Waals surface area contributed by atoms with E-state index in [-0.39, 0.29) is 102 Å². The Hall–Kier alpha value is -2.72. The summed E-state index contributed by atoms with van der Waals surface area (Å²) in [5, 5.41) is 4.14. The number of rotatable bonds is 11. The molecule has 1 atom stereocenters. The Morgan fingerprint density at radius 2 is 0.893 bits per heavy atom. The van der Waals surface area contributed by atoms with E-state index < -0.39 is 18.5 Å². The molecule has 14 nitrogen and oxygen atoms in total. The number of halogens is 9. The second-order valence-corrected chi connectivity index (χ2v) is 35.5. The van der Waals surface area contributed by atoms with Crippen LogP contribution in [0.4, 0.5) is 8.63 Å². The fourth-order valence-corrected chi connectivity index (χ4v) is 16.4. The van der Waals surface area contributed by atoms with Gasteiger partial charge in [-0.25, -0.2) is 0 Å². The molecule has 0 bridgehead atoms. The molecule has 8 aliphatic rings. The summed E-state index contributed by atoms with van der Waals surface area (Å²) in [7, 11) is -2.49. The van der Waals surface area contributed by atoms with Crippen LogP contribution in [0.25, 0.3) is 6.08 Å². The van der Waals surface area contributed by atoms with Gasteiger partial charge in [0.15, 0.2) is 0 Å². The molecule has 0 radical (unpaired) electrons. The van der Waals surface area contributed by atoms with Crippen LogP contribution in [-0.4, -0.2) is 155 Å². The number of hydrogen-bond acceptors (Lipinski definition) is 14. The number of benzene rings is 5. The van der Waals surface area contributed by atoms with Crippen molar-refractivity contribution in [2.75, 3.05) is 98.4 Å². The van der Waals surface area contributed by atoms with Crippen LogP contribution in [-0.2, 0) is 50.3 Å². The fraction of sp³-hybridized carbons (Fsp3) is 0.551. The Balaban J connectivity index is 0.000000183.